The quantitative estimate of drug-likeness (QED) is 0.523. The second kappa shape index (κ2) is 2.11. The molecule has 1 aliphatic carbocycles. The molecule has 0 aromatic carbocycles. The number of aliphatic hydroxyl groups is 1. The number of urea groups is 1. The number of hydrogen-bond donors (Lipinski definition) is 2. The van der Waals surface area contributed by atoms with Gasteiger partial charge in [-0.2, -0.15) is 0 Å². The van der Waals surface area contributed by atoms with E-state index in [1.54, 1.807) is 4.90 Å². The summed E-state index contributed by atoms with van der Waals surface area (Å²) in [4.78, 5) is 12.3. The second-order valence-electron chi connectivity index (χ2n) is 3.42. The molecule has 2 rings (SSSR count). The molecule has 0 aromatic rings. The molecule has 1 unspecified atom stereocenters. The van der Waals surface area contributed by atoms with Crippen molar-refractivity contribution in [3.05, 3.63) is 0 Å². The average molecular weight is 156 g/mol. The highest BCUT2D eigenvalue weighted by Gasteiger charge is 2.55. The lowest BCUT2D eigenvalue weighted by Gasteiger charge is -2.15. The molecule has 62 valence electrons. The largest absolute Gasteiger partial charge is 0.396 e. The molecule has 3 N–H and O–H groups in total. The summed E-state index contributed by atoms with van der Waals surface area (Å²) in [6.07, 6.45) is 0. The van der Waals surface area contributed by atoms with Gasteiger partial charge in [-0.05, 0) is 17.8 Å². The van der Waals surface area contributed by atoms with E-state index >= 15 is 0 Å². The van der Waals surface area contributed by atoms with E-state index in [2.05, 4.69) is 0 Å². The molecule has 0 bridgehead atoms. The van der Waals surface area contributed by atoms with Gasteiger partial charge < -0.3 is 15.7 Å². The lowest BCUT2D eigenvalue weighted by atomic mass is 10.3. The van der Waals surface area contributed by atoms with Crippen LogP contribution in [0.25, 0.3) is 0 Å². The number of nitrogens with two attached hydrogens (primary N) is 1. The molecule has 0 spiro atoms. The first-order chi connectivity index (χ1) is 5.24. The van der Waals surface area contributed by atoms with Crippen LogP contribution in [0.1, 0.15) is 0 Å². The Morgan fingerprint density at radius 2 is 2.09 bits per heavy atom. The van der Waals surface area contributed by atoms with E-state index in [9.17, 15) is 4.79 Å². The molecule has 2 amide bonds. The van der Waals surface area contributed by atoms with E-state index in [4.69, 9.17) is 10.8 Å². The summed E-state index contributed by atoms with van der Waals surface area (Å²) in [6.45, 7) is 1.78. The maximum absolute atomic E-state index is 10.6. The fourth-order valence-corrected chi connectivity index (χ4v) is 2.10. The first kappa shape index (κ1) is 6.91. The van der Waals surface area contributed by atoms with Crippen molar-refractivity contribution in [3.8, 4) is 0 Å². The Kier molecular flexibility index (Phi) is 1.32. The van der Waals surface area contributed by atoms with Crippen molar-refractivity contribution in [2.45, 2.75) is 0 Å². The van der Waals surface area contributed by atoms with Gasteiger partial charge in [-0.3, -0.25) is 0 Å². The highest BCUT2D eigenvalue weighted by molar-refractivity contribution is 5.72. The fourth-order valence-electron chi connectivity index (χ4n) is 2.10. The highest BCUT2D eigenvalue weighted by Crippen LogP contribution is 2.50. The van der Waals surface area contributed by atoms with Gasteiger partial charge in [0.05, 0.1) is 0 Å². The zero-order chi connectivity index (χ0) is 8.01. The number of aliphatic hydroxyl groups excluding tert-OH is 1. The van der Waals surface area contributed by atoms with E-state index < -0.39 is 0 Å². The minimum absolute atomic E-state index is 0.266. The van der Waals surface area contributed by atoms with Crippen LogP contribution in [0.4, 0.5) is 4.79 Å². The first-order valence-corrected chi connectivity index (χ1v) is 3.89. The predicted molar refractivity (Wildman–Crippen MR) is 38.7 cm³/mol. The molecule has 2 fully saturated rings. The van der Waals surface area contributed by atoms with Gasteiger partial charge in [-0.25, -0.2) is 4.79 Å². The Bertz CT molecular complexity index is 183. The van der Waals surface area contributed by atoms with Gasteiger partial charge >= 0.3 is 6.03 Å². The summed E-state index contributed by atoms with van der Waals surface area (Å²) in [7, 11) is 0. The van der Waals surface area contributed by atoms with E-state index in [1.165, 1.54) is 0 Å². The fraction of sp³-hybridized carbons (Fsp3) is 0.857. The molecule has 11 heavy (non-hydrogen) atoms. The number of piperidine rings is 1. The number of fused-ring (bicyclic) bond motifs is 1. The normalized spacial score (nSPS) is 40.5. The van der Waals surface area contributed by atoms with Crippen molar-refractivity contribution in [2.24, 2.45) is 23.5 Å². The van der Waals surface area contributed by atoms with Crippen molar-refractivity contribution in [1.82, 2.24) is 4.90 Å². The van der Waals surface area contributed by atoms with Gasteiger partial charge in [0, 0.05) is 19.7 Å². The topological polar surface area (TPSA) is 66.6 Å². The number of carbonyl (C=O) groups is 1. The Morgan fingerprint density at radius 3 is 2.45 bits per heavy atom. The van der Waals surface area contributed by atoms with Crippen LogP contribution in [0.2, 0.25) is 0 Å². The summed E-state index contributed by atoms with van der Waals surface area (Å²) in [5, 5.41) is 8.80. The average Bonchev–Trinajstić information content (AvgIpc) is 2.41. The molecule has 4 heteroatoms. The number of carbonyl (C=O) groups excluding carboxylic acids is 1. The molecular weight excluding hydrogens is 144 g/mol. The van der Waals surface area contributed by atoms with Crippen LogP contribution in [-0.2, 0) is 0 Å². The molecule has 1 saturated carbocycles. The second-order valence-corrected chi connectivity index (χ2v) is 3.42. The summed E-state index contributed by atoms with van der Waals surface area (Å²) >= 11 is 0. The molecule has 1 heterocycles. The van der Waals surface area contributed by atoms with Crippen LogP contribution in [-0.4, -0.2) is 35.7 Å². The Hall–Kier alpha value is -0.770. The number of rotatable bonds is 1. The van der Waals surface area contributed by atoms with Gasteiger partial charge in [0.25, 0.3) is 0 Å². The molecular formula is C7H12N2O2. The van der Waals surface area contributed by atoms with Crippen molar-refractivity contribution < 1.29 is 9.90 Å². The zero-order valence-electron chi connectivity index (χ0n) is 6.23. The van der Waals surface area contributed by atoms with Crippen molar-refractivity contribution >= 4 is 6.03 Å². The number of hydrogen-bond acceptors (Lipinski definition) is 2. The van der Waals surface area contributed by atoms with Crippen LogP contribution in [0.5, 0.6) is 0 Å². The van der Waals surface area contributed by atoms with Gasteiger partial charge in [-0.1, -0.05) is 0 Å². The third-order valence-corrected chi connectivity index (χ3v) is 2.89. The monoisotopic (exact) mass is 156 g/mol. The molecule has 0 radical (unpaired) electrons. The number of amides is 2. The predicted octanol–water partition coefficient (Wildman–Crippen LogP) is -0.765. The number of primary amides is 1. The Morgan fingerprint density at radius 1 is 1.55 bits per heavy atom. The molecule has 4 nitrogen and oxygen atoms in total. The van der Waals surface area contributed by atoms with Crippen molar-refractivity contribution in [1.29, 1.82) is 0 Å². The zero-order valence-corrected chi connectivity index (χ0v) is 6.23. The van der Waals surface area contributed by atoms with Crippen LogP contribution >= 0.6 is 0 Å². The minimum atomic E-state index is -0.325. The van der Waals surface area contributed by atoms with E-state index in [0.717, 1.165) is 13.1 Å². The van der Waals surface area contributed by atoms with Crippen LogP contribution < -0.4 is 5.73 Å². The molecule has 1 saturated heterocycles. The van der Waals surface area contributed by atoms with Crippen molar-refractivity contribution in [3.63, 3.8) is 0 Å². The summed E-state index contributed by atoms with van der Waals surface area (Å²) in [6, 6.07) is -0.325. The Balaban J connectivity index is 1.89. The van der Waals surface area contributed by atoms with Crippen LogP contribution in [0.3, 0.4) is 0 Å². The molecule has 1 aliphatic heterocycles. The maximum atomic E-state index is 10.6. The van der Waals surface area contributed by atoms with Crippen molar-refractivity contribution in [2.75, 3.05) is 19.7 Å². The molecule has 3 atom stereocenters. The Labute approximate surface area is 65.0 Å². The highest BCUT2D eigenvalue weighted by atomic mass is 16.3. The molecule has 2 aliphatic rings. The third-order valence-electron chi connectivity index (χ3n) is 2.89. The van der Waals surface area contributed by atoms with Gasteiger partial charge in [0.1, 0.15) is 0 Å². The minimum Gasteiger partial charge on any atom is -0.396 e. The van der Waals surface area contributed by atoms with Crippen LogP contribution in [0.15, 0.2) is 0 Å². The van der Waals surface area contributed by atoms with Gasteiger partial charge in [0.15, 0.2) is 0 Å². The maximum Gasteiger partial charge on any atom is 0.314 e. The molecule has 0 aromatic heterocycles. The number of likely N-dealkylation sites (tertiary alicyclic amines) is 1. The third kappa shape index (κ3) is 0.894. The summed E-state index contributed by atoms with van der Waals surface area (Å²) in [5.74, 6) is 1.52. The van der Waals surface area contributed by atoms with E-state index in [1.807, 2.05) is 0 Å². The number of nitrogens with zero attached hydrogens (tertiary/aromatic N) is 1. The lowest BCUT2D eigenvalue weighted by molar-refractivity contribution is 0.199. The lowest BCUT2D eigenvalue weighted by Crippen LogP contribution is -2.36. The van der Waals surface area contributed by atoms with Gasteiger partial charge in [-0.15, -0.1) is 0 Å². The standard InChI is InChI=1S/C7H12N2O2/c8-7(11)9-1-4-5(2-9)6(4)3-10/h4-6,10H,1-3H2,(H2,8,11)/t4-,5+,6?. The van der Waals surface area contributed by atoms with E-state index in [0.29, 0.717) is 17.8 Å². The van der Waals surface area contributed by atoms with E-state index in [-0.39, 0.29) is 12.6 Å². The summed E-state index contributed by atoms with van der Waals surface area (Å²) in [5.41, 5.74) is 5.09. The first-order valence-electron chi connectivity index (χ1n) is 3.89. The summed E-state index contributed by atoms with van der Waals surface area (Å²) < 4.78 is 0. The van der Waals surface area contributed by atoms with Gasteiger partial charge in [0.2, 0.25) is 0 Å². The van der Waals surface area contributed by atoms with Crippen LogP contribution in [0, 0.1) is 17.8 Å². The smallest absolute Gasteiger partial charge is 0.314 e. The SMILES string of the molecule is NC(=O)N1C[C@@H]2C(CO)[C@@H]2C1.